The van der Waals surface area contributed by atoms with E-state index in [1.807, 2.05) is 6.07 Å². The van der Waals surface area contributed by atoms with E-state index in [9.17, 15) is 4.79 Å². The second-order valence-corrected chi connectivity index (χ2v) is 7.12. The minimum Gasteiger partial charge on any atom is -0.368 e. The highest BCUT2D eigenvalue weighted by Gasteiger charge is 2.41. The predicted molar refractivity (Wildman–Crippen MR) is 94.7 cm³/mol. The van der Waals surface area contributed by atoms with E-state index in [-0.39, 0.29) is 11.9 Å². The number of ether oxygens (including phenoxy) is 1. The van der Waals surface area contributed by atoms with Crippen molar-refractivity contribution in [1.82, 2.24) is 15.5 Å². The Bertz CT molecular complexity index is 543. The van der Waals surface area contributed by atoms with Gasteiger partial charge in [0.05, 0.1) is 0 Å². The lowest BCUT2D eigenvalue weighted by atomic mass is 9.90. The molecule has 1 aromatic carbocycles. The van der Waals surface area contributed by atoms with E-state index in [1.54, 1.807) is 7.11 Å². The molecule has 5 nitrogen and oxygen atoms in total. The molecule has 2 atom stereocenters. The number of amides is 1. The molecule has 0 bridgehead atoms. The summed E-state index contributed by atoms with van der Waals surface area (Å²) in [6.07, 6.45) is 2.48. The summed E-state index contributed by atoms with van der Waals surface area (Å²) < 4.78 is 5.63. The van der Waals surface area contributed by atoms with Gasteiger partial charge in [-0.3, -0.25) is 9.69 Å². The molecule has 2 aliphatic heterocycles. The summed E-state index contributed by atoms with van der Waals surface area (Å²) in [5.41, 5.74) is 0.671. The summed E-state index contributed by atoms with van der Waals surface area (Å²) in [4.78, 5) is 15.2. The number of nitrogens with one attached hydrogen (secondary N) is 2. The Morgan fingerprint density at radius 3 is 2.71 bits per heavy atom. The topological polar surface area (TPSA) is 53.6 Å². The molecule has 0 aromatic heterocycles. The first-order valence-corrected chi connectivity index (χ1v) is 8.98. The number of methoxy groups -OCH3 is 1. The largest absolute Gasteiger partial charge is 0.368 e. The van der Waals surface area contributed by atoms with E-state index in [2.05, 4.69) is 46.7 Å². The molecule has 0 aliphatic carbocycles. The van der Waals surface area contributed by atoms with Gasteiger partial charge in [0.25, 0.3) is 5.91 Å². The van der Waals surface area contributed by atoms with Crippen LogP contribution in [0, 0.1) is 0 Å². The molecule has 24 heavy (non-hydrogen) atoms. The Balaban J connectivity index is 1.57. The zero-order chi connectivity index (χ0) is 17.0. The van der Waals surface area contributed by atoms with Crippen LogP contribution < -0.4 is 10.6 Å². The van der Waals surface area contributed by atoms with Gasteiger partial charge < -0.3 is 15.4 Å². The van der Waals surface area contributed by atoms with Crippen LogP contribution in [-0.4, -0.2) is 55.2 Å². The van der Waals surface area contributed by atoms with Crippen LogP contribution in [0.2, 0.25) is 0 Å². The molecule has 132 valence electrons. The Morgan fingerprint density at radius 1 is 1.33 bits per heavy atom. The summed E-state index contributed by atoms with van der Waals surface area (Å²) in [5.74, 6) is 0.0604. The summed E-state index contributed by atoms with van der Waals surface area (Å²) in [6.45, 7) is 5.75. The standard InChI is InChI=1S/C19H29N3O2/c1-15-12-17(14-22(15)13-16-6-4-3-5-7-16)21-18(23)19(24-2)8-10-20-11-9-19/h3-7,15,17,20H,8-14H2,1-2H3,(H,21,23). The fraction of sp³-hybridized carbons (Fsp3) is 0.632. The van der Waals surface area contributed by atoms with Gasteiger partial charge in [0.15, 0.2) is 0 Å². The lowest BCUT2D eigenvalue weighted by molar-refractivity contribution is -0.147. The summed E-state index contributed by atoms with van der Waals surface area (Å²) >= 11 is 0. The quantitative estimate of drug-likeness (QED) is 0.859. The van der Waals surface area contributed by atoms with E-state index < -0.39 is 5.60 Å². The predicted octanol–water partition coefficient (Wildman–Crippen LogP) is 1.53. The number of hydrogen-bond acceptors (Lipinski definition) is 4. The zero-order valence-corrected chi connectivity index (χ0v) is 14.8. The maximum atomic E-state index is 12.8. The van der Waals surface area contributed by atoms with Crippen LogP contribution in [0.5, 0.6) is 0 Å². The van der Waals surface area contributed by atoms with Gasteiger partial charge in [0.2, 0.25) is 0 Å². The van der Waals surface area contributed by atoms with Crippen molar-refractivity contribution >= 4 is 5.91 Å². The van der Waals surface area contributed by atoms with Crippen LogP contribution in [0.1, 0.15) is 31.7 Å². The Hall–Kier alpha value is -1.43. The molecule has 0 radical (unpaired) electrons. The normalized spacial score (nSPS) is 27.1. The summed E-state index contributed by atoms with van der Waals surface area (Å²) in [7, 11) is 1.66. The first-order valence-electron chi connectivity index (χ1n) is 8.98. The van der Waals surface area contributed by atoms with Crippen molar-refractivity contribution in [3.63, 3.8) is 0 Å². The van der Waals surface area contributed by atoms with Crippen LogP contribution in [0.25, 0.3) is 0 Å². The monoisotopic (exact) mass is 331 g/mol. The molecule has 2 fully saturated rings. The van der Waals surface area contributed by atoms with Crippen LogP contribution in [0.3, 0.4) is 0 Å². The molecule has 5 heteroatoms. The highest BCUT2D eigenvalue weighted by molar-refractivity contribution is 5.85. The first kappa shape index (κ1) is 17.4. The average molecular weight is 331 g/mol. The molecule has 2 aliphatic rings. The second kappa shape index (κ2) is 7.64. The van der Waals surface area contributed by atoms with Crippen molar-refractivity contribution in [3.8, 4) is 0 Å². The third kappa shape index (κ3) is 3.79. The number of likely N-dealkylation sites (tertiary alicyclic amines) is 1. The molecule has 0 spiro atoms. The van der Waals surface area contributed by atoms with E-state index in [0.29, 0.717) is 6.04 Å². The number of rotatable bonds is 5. The van der Waals surface area contributed by atoms with Crippen molar-refractivity contribution in [2.24, 2.45) is 0 Å². The van der Waals surface area contributed by atoms with Gasteiger partial charge in [0, 0.05) is 32.3 Å². The molecule has 0 saturated carbocycles. The Morgan fingerprint density at radius 2 is 2.04 bits per heavy atom. The van der Waals surface area contributed by atoms with Crippen molar-refractivity contribution < 1.29 is 9.53 Å². The molecule has 2 heterocycles. The third-order valence-corrected chi connectivity index (χ3v) is 5.48. The zero-order valence-electron chi connectivity index (χ0n) is 14.8. The molecule has 2 unspecified atom stereocenters. The van der Waals surface area contributed by atoms with Gasteiger partial charge >= 0.3 is 0 Å². The number of carbonyl (C=O) groups is 1. The minimum atomic E-state index is -0.651. The van der Waals surface area contributed by atoms with Crippen molar-refractivity contribution in [1.29, 1.82) is 0 Å². The molecule has 2 saturated heterocycles. The van der Waals surface area contributed by atoms with Crippen LogP contribution in [-0.2, 0) is 16.1 Å². The lowest BCUT2D eigenvalue weighted by Gasteiger charge is -2.35. The van der Waals surface area contributed by atoms with E-state index in [4.69, 9.17) is 4.74 Å². The van der Waals surface area contributed by atoms with Crippen LogP contribution in [0.15, 0.2) is 30.3 Å². The molecular weight excluding hydrogens is 302 g/mol. The Kier molecular flexibility index (Phi) is 5.54. The number of carbonyl (C=O) groups excluding carboxylic acids is 1. The van der Waals surface area contributed by atoms with Crippen molar-refractivity contribution in [2.75, 3.05) is 26.7 Å². The summed E-state index contributed by atoms with van der Waals surface area (Å²) in [6, 6.07) is 11.2. The average Bonchev–Trinajstić information content (AvgIpc) is 2.95. The van der Waals surface area contributed by atoms with Gasteiger partial charge in [-0.15, -0.1) is 0 Å². The van der Waals surface area contributed by atoms with Crippen LogP contribution >= 0.6 is 0 Å². The molecule has 3 rings (SSSR count). The van der Waals surface area contributed by atoms with Gasteiger partial charge in [-0.25, -0.2) is 0 Å². The van der Waals surface area contributed by atoms with Crippen molar-refractivity contribution in [2.45, 2.75) is 50.4 Å². The number of piperidine rings is 1. The van der Waals surface area contributed by atoms with E-state index in [0.717, 1.165) is 45.4 Å². The van der Waals surface area contributed by atoms with Gasteiger partial charge in [-0.05, 0) is 44.8 Å². The number of benzene rings is 1. The fourth-order valence-electron chi connectivity index (χ4n) is 3.91. The fourth-order valence-corrected chi connectivity index (χ4v) is 3.91. The molecule has 2 N–H and O–H groups in total. The van der Waals surface area contributed by atoms with E-state index in [1.165, 1.54) is 5.56 Å². The maximum absolute atomic E-state index is 12.8. The third-order valence-electron chi connectivity index (χ3n) is 5.48. The van der Waals surface area contributed by atoms with Crippen LogP contribution in [0.4, 0.5) is 0 Å². The highest BCUT2D eigenvalue weighted by Crippen LogP contribution is 2.25. The first-order chi connectivity index (χ1) is 11.6. The number of nitrogens with zero attached hydrogens (tertiary/aromatic N) is 1. The van der Waals surface area contributed by atoms with Crippen molar-refractivity contribution in [3.05, 3.63) is 35.9 Å². The minimum absolute atomic E-state index is 0.0604. The van der Waals surface area contributed by atoms with Gasteiger partial charge in [-0.1, -0.05) is 30.3 Å². The molecule has 1 aromatic rings. The second-order valence-electron chi connectivity index (χ2n) is 7.12. The van der Waals surface area contributed by atoms with Gasteiger partial charge in [0.1, 0.15) is 5.60 Å². The Labute approximate surface area is 144 Å². The summed E-state index contributed by atoms with van der Waals surface area (Å²) in [5, 5.41) is 6.55. The lowest BCUT2D eigenvalue weighted by Crippen LogP contribution is -2.56. The smallest absolute Gasteiger partial charge is 0.252 e. The van der Waals surface area contributed by atoms with E-state index >= 15 is 0 Å². The highest BCUT2D eigenvalue weighted by atomic mass is 16.5. The molecule has 1 amide bonds. The molecular formula is C19H29N3O2. The van der Waals surface area contributed by atoms with Gasteiger partial charge in [-0.2, -0.15) is 0 Å². The number of hydrogen-bond donors (Lipinski definition) is 2. The SMILES string of the molecule is COC1(C(=O)NC2CC(C)N(Cc3ccccc3)C2)CCNCC1. The maximum Gasteiger partial charge on any atom is 0.252 e.